The maximum atomic E-state index is 12.5. The quantitative estimate of drug-likeness (QED) is 0.0611. The van der Waals surface area contributed by atoms with Crippen LogP contribution in [0.15, 0.2) is 110 Å². The predicted octanol–water partition coefficient (Wildman–Crippen LogP) is -0.520. The number of allylic oxidation sites excluding steroid dienone is 2. The molecule has 248 valence electrons. The Morgan fingerprint density at radius 1 is 0.596 bits per heavy atom. The number of aryl methyl sites for hydroxylation is 2. The normalized spacial score (nSPS) is 10.6. The Bertz CT molecular complexity index is 1480. The van der Waals surface area contributed by atoms with Crippen molar-refractivity contribution in [1.29, 1.82) is 0 Å². The minimum Gasteiger partial charge on any atom is -1.00 e. The molecule has 2 aromatic carbocycles. The number of hydrogen-bond acceptors (Lipinski definition) is 6. The van der Waals surface area contributed by atoms with Crippen LogP contribution in [-0.2, 0) is 22.7 Å². The molecule has 0 amide bonds. The smallest absolute Gasteiger partial charge is 0.168 e. The fourth-order valence-electron chi connectivity index (χ4n) is 4.51. The molecular weight excluding hydrogens is 639 g/mol. The van der Waals surface area contributed by atoms with Gasteiger partial charge in [0.15, 0.2) is 72.4 Å². The maximum Gasteiger partial charge on any atom is 0.168 e. The van der Waals surface area contributed by atoms with Gasteiger partial charge in [0.2, 0.25) is 0 Å². The van der Waals surface area contributed by atoms with Crippen LogP contribution < -0.4 is 52.9 Å². The van der Waals surface area contributed by atoms with Crippen LogP contribution in [0.25, 0.3) is 12.2 Å². The van der Waals surface area contributed by atoms with Crippen molar-refractivity contribution < 1.29 is 62.5 Å². The van der Waals surface area contributed by atoms with Crippen LogP contribution in [0.1, 0.15) is 30.4 Å². The first-order valence-electron chi connectivity index (χ1n) is 15.0. The number of halogens is 2. The van der Waals surface area contributed by atoms with E-state index in [1.807, 2.05) is 85.5 Å². The highest BCUT2D eigenvalue weighted by molar-refractivity contribution is 6.10. The lowest BCUT2D eigenvalue weighted by Gasteiger charge is -2.11. The summed E-state index contributed by atoms with van der Waals surface area (Å²) in [6.07, 6.45) is 15.7. The summed E-state index contributed by atoms with van der Waals surface area (Å²) in [5.41, 5.74) is 1.53. The van der Waals surface area contributed by atoms with Gasteiger partial charge in [-0.3, -0.25) is 9.59 Å². The second-order valence-corrected chi connectivity index (χ2v) is 10.2. The molecule has 0 bridgehead atoms. The Balaban J connectivity index is 0.00000384. The number of nitrogens with zero attached hydrogens (tertiary/aromatic N) is 2. The fourth-order valence-corrected chi connectivity index (χ4v) is 4.51. The van der Waals surface area contributed by atoms with Gasteiger partial charge < -0.3 is 43.8 Å². The van der Waals surface area contributed by atoms with Gasteiger partial charge in [-0.25, -0.2) is 9.13 Å². The van der Waals surface area contributed by atoms with Gasteiger partial charge in [-0.05, 0) is 47.5 Å². The molecule has 2 heterocycles. The Morgan fingerprint density at radius 2 is 1.00 bits per heavy atom. The van der Waals surface area contributed by atoms with Crippen LogP contribution in [0.4, 0.5) is 0 Å². The number of ketones is 2. The number of pyridine rings is 2. The molecule has 0 saturated carbocycles. The molecule has 0 spiro atoms. The number of carbonyl (C=O) groups is 2. The van der Waals surface area contributed by atoms with Gasteiger partial charge in [-0.15, -0.1) is 0 Å². The van der Waals surface area contributed by atoms with E-state index in [0.29, 0.717) is 36.2 Å². The Labute approximate surface area is 289 Å². The molecule has 10 heteroatoms. The van der Waals surface area contributed by atoms with Gasteiger partial charge >= 0.3 is 0 Å². The molecule has 0 unspecified atom stereocenters. The molecule has 0 aliphatic heterocycles. The van der Waals surface area contributed by atoms with Crippen molar-refractivity contribution >= 4 is 23.7 Å². The zero-order valence-corrected chi connectivity index (χ0v) is 28.1. The molecule has 0 aliphatic rings. The summed E-state index contributed by atoms with van der Waals surface area (Å²) < 4.78 is 27.0. The number of aromatic nitrogens is 2. The van der Waals surface area contributed by atoms with Crippen molar-refractivity contribution in [2.45, 2.75) is 32.4 Å². The molecule has 0 atom stereocenters. The van der Waals surface area contributed by atoms with Crippen LogP contribution in [-0.4, -0.2) is 39.0 Å². The lowest BCUT2D eigenvalue weighted by atomic mass is 10.1. The molecular formula is C37H40Cl2N2O6. The van der Waals surface area contributed by atoms with E-state index in [1.54, 1.807) is 38.5 Å². The van der Waals surface area contributed by atoms with Crippen LogP contribution >= 0.6 is 0 Å². The summed E-state index contributed by atoms with van der Waals surface area (Å²) in [4.78, 5) is 24.9. The number of hydrogen-bond donors (Lipinski definition) is 0. The number of rotatable bonds is 18. The van der Waals surface area contributed by atoms with Crippen LogP contribution in [0.3, 0.4) is 0 Å². The molecule has 4 rings (SSSR count). The summed E-state index contributed by atoms with van der Waals surface area (Å²) in [5.74, 6) is 1.84. The molecule has 8 nitrogen and oxygen atoms in total. The topological polar surface area (TPSA) is 78.8 Å². The van der Waals surface area contributed by atoms with Crippen molar-refractivity contribution in [3.63, 3.8) is 0 Å². The van der Waals surface area contributed by atoms with Crippen molar-refractivity contribution in [3.05, 3.63) is 121 Å². The molecule has 0 radical (unpaired) electrons. The van der Waals surface area contributed by atoms with Gasteiger partial charge in [-0.2, -0.15) is 0 Å². The first-order chi connectivity index (χ1) is 22.0. The summed E-state index contributed by atoms with van der Waals surface area (Å²) >= 11 is 0. The minimum absolute atomic E-state index is 0. The van der Waals surface area contributed by atoms with E-state index < -0.39 is 0 Å². The third kappa shape index (κ3) is 13.3. The van der Waals surface area contributed by atoms with Gasteiger partial charge in [0.1, 0.15) is 0 Å². The lowest BCUT2D eigenvalue weighted by molar-refractivity contribution is -0.697. The van der Waals surface area contributed by atoms with Gasteiger partial charge in [-0.1, -0.05) is 36.4 Å². The largest absolute Gasteiger partial charge is 1.00 e. The summed E-state index contributed by atoms with van der Waals surface area (Å²) in [6, 6.07) is 22.9. The van der Waals surface area contributed by atoms with E-state index in [1.165, 1.54) is 12.2 Å². The van der Waals surface area contributed by atoms with Gasteiger partial charge in [0.25, 0.3) is 0 Å². The maximum absolute atomic E-state index is 12.5. The number of carbonyl (C=O) groups excluding carboxylic acids is 2. The Morgan fingerprint density at radius 3 is 1.38 bits per heavy atom. The third-order valence-corrected chi connectivity index (χ3v) is 6.84. The average Bonchev–Trinajstić information content (AvgIpc) is 3.08. The summed E-state index contributed by atoms with van der Waals surface area (Å²) in [5, 5.41) is 0. The van der Waals surface area contributed by atoms with Crippen LogP contribution in [0, 0.1) is 0 Å². The highest BCUT2D eigenvalue weighted by atomic mass is 35.5. The Kier molecular flexibility index (Phi) is 17.4. The zero-order chi connectivity index (χ0) is 31.7. The highest BCUT2D eigenvalue weighted by Gasteiger charge is 2.09. The van der Waals surface area contributed by atoms with Gasteiger partial charge in [0, 0.05) is 37.1 Å². The van der Waals surface area contributed by atoms with Gasteiger partial charge in [0.05, 0.1) is 33.9 Å². The van der Waals surface area contributed by atoms with Crippen LogP contribution in [0.5, 0.6) is 23.0 Å². The predicted molar refractivity (Wildman–Crippen MR) is 172 cm³/mol. The first kappa shape index (κ1) is 38.5. The molecule has 0 N–H and O–H groups in total. The second kappa shape index (κ2) is 21.2. The number of methoxy groups -OCH3 is 2. The zero-order valence-electron chi connectivity index (χ0n) is 26.6. The number of benzene rings is 2. The van der Waals surface area contributed by atoms with E-state index in [9.17, 15) is 9.59 Å². The van der Waals surface area contributed by atoms with Crippen molar-refractivity contribution in [1.82, 2.24) is 0 Å². The highest BCUT2D eigenvalue weighted by Crippen LogP contribution is 2.29. The second-order valence-electron chi connectivity index (χ2n) is 10.2. The monoisotopic (exact) mass is 678 g/mol. The fraction of sp³-hybridized carbons (Fsp3) is 0.243. The molecule has 4 aromatic rings. The summed E-state index contributed by atoms with van der Waals surface area (Å²) in [6.45, 7) is 2.79. The van der Waals surface area contributed by atoms with E-state index >= 15 is 0 Å². The van der Waals surface area contributed by atoms with Crippen molar-refractivity contribution in [3.8, 4) is 23.0 Å². The van der Waals surface area contributed by atoms with E-state index in [4.69, 9.17) is 18.9 Å². The molecule has 0 saturated heterocycles. The first-order valence-corrected chi connectivity index (χ1v) is 15.0. The van der Waals surface area contributed by atoms with E-state index in [2.05, 4.69) is 9.13 Å². The molecule has 0 aliphatic carbocycles. The average molecular weight is 680 g/mol. The lowest BCUT2D eigenvalue weighted by Crippen LogP contribution is -3.00. The summed E-state index contributed by atoms with van der Waals surface area (Å²) in [7, 11) is 3.16. The Hall–Kier alpha value is -4.66. The van der Waals surface area contributed by atoms with Crippen molar-refractivity contribution in [2.24, 2.45) is 0 Å². The van der Waals surface area contributed by atoms with Crippen LogP contribution in [0.2, 0.25) is 0 Å². The number of ether oxygens (including phenoxy) is 4. The van der Waals surface area contributed by atoms with Crippen molar-refractivity contribution in [2.75, 3.05) is 27.4 Å². The van der Waals surface area contributed by atoms with E-state index in [-0.39, 0.29) is 42.8 Å². The molecule has 47 heavy (non-hydrogen) atoms. The molecule has 0 fully saturated rings. The SMILES string of the molecule is COc1cc(/C=C/C(=O)CC(=O)/C=C/c2ccc(OCCC[n+]3ccccc3)c(OC)c2)ccc1OCCC[n+]1ccccc1.[Cl-].[Cl-]. The van der Waals surface area contributed by atoms with E-state index in [0.717, 1.165) is 37.1 Å². The minimum atomic E-state index is -0.294. The standard InChI is InChI=1S/C37H40N2O6.2ClH/c1-42-36-27-30(13-17-34(36)44-25-9-23-38-19-5-3-6-20-38)11-15-32(40)29-33(41)16-12-31-14-18-35(37(28-31)43-2)45-26-10-24-39-21-7-4-8-22-39;;/h3-8,11-22,27-28H,9-10,23-26,29H2,1-2H3;2*1H/q+2;;/p-2/b15-11+,16-12+;;. The molecule has 2 aromatic heterocycles. The third-order valence-electron chi connectivity index (χ3n) is 6.84.